The fraction of sp³-hybridized carbons (Fsp3) is 0.235. The summed E-state index contributed by atoms with van der Waals surface area (Å²) in [4.78, 5) is 33.1. The summed E-state index contributed by atoms with van der Waals surface area (Å²) < 4.78 is 4.51. The van der Waals surface area contributed by atoms with Gasteiger partial charge in [-0.25, -0.2) is 9.59 Å². The van der Waals surface area contributed by atoms with Crippen LogP contribution in [0, 0.1) is 0 Å². The molecule has 0 bridgehead atoms. The molecular formula is C17H17NO4. The summed E-state index contributed by atoms with van der Waals surface area (Å²) in [7, 11) is 0. The Morgan fingerprint density at radius 3 is 2.68 bits per heavy atom. The molecule has 2 aliphatic heterocycles. The number of dihydropyridines is 1. The standard InChI is InChI=1S/C17H17NO4/c1-11(8-9-19)13-6-7-14(18-10-13)4-3-5-15-12(2)16(20)22-17(15)21/h3,5-7,9,18H,1,4,8,10H2,2H3/b5-3-. The van der Waals surface area contributed by atoms with Gasteiger partial charge in [-0.3, -0.25) is 0 Å². The number of nitrogens with one attached hydrogen (secondary N) is 1. The van der Waals surface area contributed by atoms with Gasteiger partial charge in [0.1, 0.15) is 6.29 Å². The zero-order valence-electron chi connectivity index (χ0n) is 12.3. The van der Waals surface area contributed by atoms with Crippen LogP contribution in [0.5, 0.6) is 0 Å². The van der Waals surface area contributed by atoms with Crippen LogP contribution in [-0.4, -0.2) is 24.8 Å². The molecule has 0 aromatic heterocycles. The summed E-state index contributed by atoms with van der Waals surface area (Å²) in [6.07, 6.45) is 9.03. The number of esters is 2. The fourth-order valence-electron chi connectivity index (χ4n) is 2.12. The van der Waals surface area contributed by atoms with E-state index in [-0.39, 0.29) is 0 Å². The van der Waals surface area contributed by atoms with Crippen molar-refractivity contribution in [3.8, 4) is 0 Å². The summed E-state index contributed by atoms with van der Waals surface area (Å²) in [6.45, 7) is 6.05. The van der Waals surface area contributed by atoms with Crippen molar-refractivity contribution in [2.75, 3.05) is 6.54 Å². The second-order valence-electron chi connectivity index (χ2n) is 5.03. The van der Waals surface area contributed by atoms with Gasteiger partial charge >= 0.3 is 11.9 Å². The van der Waals surface area contributed by atoms with E-state index in [2.05, 4.69) is 16.6 Å². The van der Waals surface area contributed by atoms with E-state index in [1.54, 1.807) is 19.1 Å². The zero-order valence-corrected chi connectivity index (χ0v) is 12.3. The lowest BCUT2D eigenvalue weighted by Gasteiger charge is -2.17. The average molecular weight is 299 g/mol. The summed E-state index contributed by atoms with van der Waals surface area (Å²) in [6, 6.07) is 0. The van der Waals surface area contributed by atoms with Crippen molar-refractivity contribution in [2.24, 2.45) is 0 Å². The summed E-state index contributed by atoms with van der Waals surface area (Å²) in [5.41, 5.74) is 3.43. The Bertz CT molecular complexity index is 662. The van der Waals surface area contributed by atoms with Crippen molar-refractivity contribution in [1.29, 1.82) is 0 Å². The Kier molecular flexibility index (Phi) is 4.88. The first-order chi connectivity index (χ1) is 10.5. The van der Waals surface area contributed by atoms with Gasteiger partial charge in [0.25, 0.3) is 0 Å². The third kappa shape index (κ3) is 3.49. The highest BCUT2D eigenvalue weighted by Crippen LogP contribution is 2.19. The number of rotatable bonds is 6. The van der Waals surface area contributed by atoms with Gasteiger partial charge in [-0.2, -0.15) is 0 Å². The molecule has 5 heteroatoms. The number of ether oxygens (including phenoxy) is 1. The normalized spacial score (nSPS) is 18.0. The van der Waals surface area contributed by atoms with Gasteiger partial charge in [-0.05, 0) is 24.1 Å². The SMILES string of the molecule is C=C(CC=O)C1=CC=C(C/C=C\C2=C(C)C(=O)OC2=O)NC1. The van der Waals surface area contributed by atoms with Gasteiger partial charge in [-0.1, -0.05) is 24.8 Å². The highest BCUT2D eigenvalue weighted by Gasteiger charge is 2.27. The van der Waals surface area contributed by atoms with Crippen molar-refractivity contribution >= 4 is 18.2 Å². The molecule has 0 radical (unpaired) electrons. The Morgan fingerprint density at radius 1 is 1.36 bits per heavy atom. The van der Waals surface area contributed by atoms with Gasteiger partial charge in [0.15, 0.2) is 0 Å². The predicted molar refractivity (Wildman–Crippen MR) is 81.5 cm³/mol. The van der Waals surface area contributed by atoms with E-state index < -0.39 is 11.9 Å². The Balaban J connectivity index is 1.97. The largest absolute Gasteiger partial charge is 0.386 e. The van der Waals surface area contributed by atoms with Gasteiger partial charge in [0, 0.05) is 30.7 Å². The predicted octanol–water partition coefficient (Wildman–Crippen LogP) is 1.89. The number of cyclic esters (lactones) is 2. The number of hydrogen-bond donors (Lipinski definition) is 1. The number of carbonyl (C=O) groups excluding carboxylic acids is 3. The van der Waals surface area contributed by atoms with Crippen LogP contribution in [0.2, 0.25) is 0 Å². The highest BCUT2D eigenvalue weighted by atomic mass is 16.6. The average Bonchev–Trinajstić information content (AvgIpc) is 2.74. The lowest BCUT2D eigenvalue weighted by Crippen LogP contribution is -2.20. The first-order valence-corrected chi connectivity index (χ1v) is 6.92. The minimum absolute atomic E-state index is 0.303. The van der Waals surface area contributed by atoms with Crippen molar-refractivity contribution in [3.63, 3.8) is 0 Å². The van der Waals surface area contributed by atoms with Crippen LogP contribution in [0.4, 0.5) is 0 Å². The van der Waals surface area contributed by atoms with E-state index in [1.165, 1.54) is 0 Å². The maximum Gasteiger partial charge on any atom is 0.346 e. The van der Waals surface area contributed by atoms with E-state index in [4.69, 9.17) is 0 Å². The fourth-order valence-corrected chi connectivity index (χ4v) is 2.12. The molecule has 1 N–H and O–H groups in total. The van der Waals surface area contributed by atoms with Crippen LogP contribution in [0.15, 0.2) is 58.9 Å². The number of carbonyl (C=O) groups is 3. The van der Waals surface area contributed by atoms with Crippen LogP contribution in [0.1, 0.15) is 19.8 Å². The first kappa shape index (κ1) is 15.7. The molecule has 0 atom stereocenters. The van der Waals surface area contributed by atoms with Gasteiger partial charge in [0.05, 0.1) is 5.57 Å². The first-order valence-electron chi connectivity index (χ1n) is 6.92. The molecule has 0 aromatic carbocycles. The van der Waals surface area contributed by atoms with Crippen LogP contribution in [-0.2, 0) is 19.1 Å². The van der Waals surface area contributed by atoms with E-state index in [1.807, 2.05) is 12.2 Å². The summed E-state index contributed by atoms with van der Waals surface area (Å²) in [5, 5.41) is 3.23. The van der Waals surface area contributed by atoms with Crippen molar-refractivity contribution in [1.82, 2.24) is 5.32 Å². The second kappa shape index (κ2) is 6.85. The minimum atomic E-state index is -0.600. The molecule has 0 aliphatic carbocycles. The maximum absolute atomic E-state index is 11.4. The van der Waals surface area contributed by atoms with E-state index in [0.29, 0.717) is 30.5 Å². The third-order valence-electron chi connectivity index (χ3n) is 3.51. The molecule has 114 valence electrons. The molecule has 2 aliphatic rings. The summed E-state index contributed by atoms with van der Waals surface area (Å²) >= 11 is 0. The van der Waals surface area contributed by atoms with Crippen molar-refractivity contribution < 1.29 is 19.1 Å². The molecule has 2 rings (SSSR count). The lowest BCUT2D eigenvalue weighted by molar-refractivity contribution is -0.150. The van der Waals surface area contributed by atoms with E-state index in [0.717, 1.165) is 23.1 Å². The number of aldehydes is 1. The molecular weight excluding hydrogens is 282 g/mol. The quantitative estimate of drug-likeness (QED) is 0.460. The highest BCUT2D eigenvalue weighted by molar-refractivity contribution is 6.13. The van der Waals surface area contributed by atoms with Crippen LogP contribution >= 0.6 is 0 Å². The second-order valence-corrected chi connectivity index (χ2v) is 5.03. The smallest absolute Gasteiger partial charge is 0.346 e. The van der Waals surface area contributed by atoms with Crippen molar-refractivity contribution in [3.05, 3.63) is 58.9 Å². The monoisotopic (exact) mass is 299 g/mol. The van der Waals surface area contributed by atoms with Crippen LogP contribution < -0.4 is 5.32 Å². The number of allylic oxidation sites excluding steroid dienone is 3. The van der Waals surface area contributed by atoms with Gasteiger partial charge < -0.3 is 14.8 Å². The summed E-state index contributed by atoms with van der Waals surface area (Å²) in [5.74, 6) is -1.18. The maximum atomic E-state index is 11.4. The molecule has 0 amide bonds. The molecule has 0 spiro atoms. The topological polar surface area (TPSA) is 72.5 Å². The van der Waals surface area contributed by atoms with Crippen molar-refractivity contribution in [2.45, 2.75) is 19.8 Å². The van der Waals surface area contributed by atoms with Gasteiger partial charge in [0.2, 0.25) is 0 Å². The minimum Gasteiger partial charge on any atom is -0.386 e. The van der Waals surface area contributed by atoms with Crippen LogP contribution in [0.3, 0.4) is 0 Å². The lowest BCUT2D eigenvalue weighted by atomic mass is 10.0. The molecule has 0 fully saturated rings. The zero-order chi connectivity index (χ0) is 16.1. The molecule has 0 saturated heterocycles. The third-order valence-corrected chi connectivity index (χ3v) is 3.51. The van der Waals surface area contributed by atoms with Gasteiger partial charge in [-0.15, -0.1) is 0 Å². The van der Waals surface area contributed by atoms with Crippen LogP contribution in [0.25, 0.3) is 0 Å². The molecule has 5 nitrogen and oxygen atoms in total. The van der Waals surface area contributed by atoms with E-state index >= 15 is 0 Å². The Hall–Kier alpha value is -2.69. The molecule has 2 heterocycles. The molecule has 0 saturated carbocycles. The van der Waals surface area contributed by atoms with E-state index in [9.17, 15) is 14.4 Å². The Labute approximate surface area is 128 Å². The number of hydrogen-bond acceptors (Lipinski definition) is 5. The Morgan fingerprint density at radius 2 is 2.14 bits per heavy atom. The molecule has 0 unspecified atom stereocenters. The molecule has 0 aromatic rings. The molecule has 22 heavy (non-hydrogen) atoms.